The molecule has 12 heavy (non-hydrogen) atoms. The lowest BCUT2D eigenvalue weighted by Crippen LogP contribution is -1.78. The summed E-state index contributed by atoms with van der Waals surface area (Å²) >= 11 is 0. The van der Waals surface area contributed by atoms with E-state index in [0.29, 0.717) is 5.56 Å². The summed E-state index contributed by atoms with van der Waals surface area (Å²) in [7, 11) is 0. The predicted octanol–water partition coefficient (Wildman–Crippen LogP) is 2.69. The molecule has 0 bridgehead atoms. The highest BCUT2D eigenvalue weighted by molar-refractivity contribution is 5.76. The molecule has 0 heterocycles. The first-order chi connectivity index (χ1) is 5.86. The molecule has 0 aliphatic rings. The van der Waals surface area contributed by atoms with Crippen LogP contribution >= 0.6 is 0 Å². The zero-order chi connectivity index (χ0) is 8.81. The van der Waals surface area contributed by atoms with Gasteiger partial charge in [0.05, 0.1) is 0 Å². The molecule has 0 aliphatic carbocycles. The first kappa shape index (κ1) is 8.51. The van der Waals surface area contributed by atoms with Crippen LogP contribution in [-0.2, 0) is 0 Å². The van der Waals surface area contributed by atoms with Crippen molar-refractivity contribution >= 4 is 12.4 Å². The van der Waals surface area contributed by atoms with Crippen LogP contribution in [0.4, 0.5) is 0 Å². The van der Waals surface area contributed by atoms with Crippen molar-refractivity contribution in [3.63, 3.8) is 0 Å². The molecule has 0 aliphatic heterocycles. The monoisotopic (exact) mass is 158 g/mol. The second kappa shape index (κ2) is 4.32. The Balaban J connectivity index is 3.01. The van der Waals surface area contributed by atoms with Gasteiger partial charge in [-0.15, -0.1) is 5.73 Å². The molecule has 1 rings (SSSR count). The highest BCUT2D eigenvalue weighted by Crippen LogP contribution is 2.04. The Morgan fingerprint density at radius 3 is 2.75 bits per heavy atom. The topological polar surface area (TPSA) is 17.1 Å². The molecule has 0 aromatic heterocycles. The number of hydrogen-bond donors (Lipinski definition) is 0. The van der Waals surface area contributed by atoms with Crippen molar-refractivity contribution in [3.8, 4) is 0 Å². The fourth-order valence-electron chi connectivity index (χ4n) is 0.902. The van der Waals surface area contributed by atoms with Gasteiger partial charge in [0.2, 0.25) is 0 Å². The van der Waals surface area contributed by atoms with Crippen LogP contribution in [0, 0.1) is 0 Å². The quantitative estimate of drug-likeness (QED) is 0.477. The maximum atomic E-state index is 10.4. The average molecular weight is 158 g/mol. The molecule has 1 nitrogen and oxygen atoms in total. The zero-order valence-electron chi connectivity index (χ0n) is 6.95. The predicted molar refractivity (Wildman–Crippen MR) is 50.1 cm³/mol. The van der Waals surface area contributed by atoms with Crippen LogP contribution in [0.3, 0.4) is 0 Å². The molecule has 0 N–H and O–H groups in total. The maximum Gasteiger partial charge on any atom is 0.150 e. The van der Waals surface area contributed by atoms with Gasteiger partial charge in [0, 0.05) is 5.56 Å². The number of carbonyl (C=O) groups is 1. The fraction of sp³-hybridized carbons (Fsp3) is 0.0909. The number of benzene rings is 1. The van der Waals surface area contributed by atoms with E-state index in [9.17, 15) is 4.79 Å². The summed E-state index contributed by atoms with van der Waals surface area (Å²) < 4.78 is 0. The van der Waals surface area contributed by atoms with E-state index in [4.69, 9.17) is 0 Å². The lowest BCUT2D eigenvalue weighted by atomic mass is 10.1. The molecule has 60 valence electrons. The maximum absolute atomic E-state index is 10.4. The molecule has 0 fully saturated rings. The SMILES string of the molecule is CC=C=Cc1cccc(C=O)c1. The Morgan fingerprint density at radius 2 is 2.08 bits per heavy atom. The minimum Gasteiger partial charge on any atom is -0.298 e. The average Bonchev–Trinajstić information content (AvgIpc) is 2.15. The van der Waals surface area contributed by atoms with Crippen LogP contribution < -0.4 is 0 Å². The second-order valence-corrected chi connectivity index (χ2v) is 2.39. The van der Waals surface area contributed by atoms with Crippen LogP contribution in [0.5, 0.6) is 0 Å². The fourth-order valence-corrected chi connectivity index (χ4v) is 0.902. The Morgan fingerprint density at radius 1 is 1.33 bits per heavy atom. The van der Waals surface area contributed by atoms with E-state index in [1.165, 1.54) is 0 Å². The standard InChI is InChI=1S/C11H10O/c1-2-3-5-10-6-4-7-11(8-10)9-12/h2,4-9H,1H3. The molecule has 0 radical (unpaired) electrons. The van der Waals surface area contributed by atoms with Crippen molar-refractivity contribution in [1.82, 2.24) is 0 Å². The normalized spacial score (nSPS) is 8.42. The van der Waals surface area contributed by atoms with E-state index in [1.54, 1.807) is 6.07 Å². The largest absolute Gasteiger partial charge is 0.298 e. The Bertz CT molecular complexity index is 331. The summed E-state index contributed by atoms with van der Waals surface area (Å²) in [5.41, 5.74) is 4.64. The van der Waals surface area contributed by atoms with Gasteiger partial charge in [0.25, 0.3) is 0 Å². The van der Waals surface area contributed by atoms with E-state index >= 15 is 0 Å². The van der Waals surface area contributed by atoms with Gasteiger partial charge < -0.3 is 0 Å². The lowest BCUT2D eigenvalue weighted by Gasteiger charge is -1.91. The van der Waals surface area contributed by atoms with Crippen molar-refractivity contribution in [2.75, 3.05) is 0 Å². The third-order valence-electron chi connectivity index (χ3n) is 1.46. The molecule has 1 aromatic carbocycles. The smallest absolute Gasteiger partial charge is 0.150 e. The number of hydrogen-bond acceptors (Lipinski definition) is 1. The highest BCUT2D eigenvalue weighted by atomic mass is 16.1. The van der Waals surface area contributed by atoms with E-state index in [0.717, 1.165) is 11.8 Å². The summed E-state index contributed by atoms with van der Waals surface area (Å²) in [5.74, 6) is 0. The Kier molecular flexibility index (Phi) is 3.06. The van der Waals surface area contributed by atoms with Crippen molar-refractivity contribution in [3.05, 3.63) is 47.2 Å². The van der Waals surface area contributed by atoms with E-state index in [-0.39, 0.29) is 0 Å². The van der Waals surface area contributed by atoms with Crippen LogP contribution in [0.15, 0.2) is 36.1 Å². The van der Waals surface area contributed by atoms with Gasteiger partial charge in [-0.05, 0) is 30.7 Å². The summed E-state index contributed by atoms with van der Waals surface area (Å²) in [4.78, 5) is 10.4. The molecule has 0 atom stereocenters. The highest BCUT2D eigenvalue weighted by Gasteiger charge is 1.88. The minimum atomic E-state index is 0.696. The van der Waals surface area contributed by atoms with Gasteiger partial charge in [0.15, 0.2) is 0 Å². The van der Waals surface area contributed by atoms with E-state index < -0.39 is 0 Å². The van der Waals surface area contributed by atoms with Gasteiger partial charge in [-0.25, -0.2) is 0 Å². The van der Waals surface area contributed by atoms with Gasteiger partial charge in [-0.3, -0.25) is 4.79 Å². The molecule has 0 saturated heterocycles. The van der Waals surface area contributed by atoms with E-state index in [1.807, 2.05) is 37.3 Å². The van der Waals surface area contributed by atoms with Crippen molar-refractivity contribution in [2.24, 2.45) is 0 Å². The molecule has 0 saturated carbocycles. The summed E-state index contributed by atoms with van der Waals surface area (Å²) in [6.07, 6.45) is 4.51. The molecular formula is C11H10O. The third-order valence-corrected chi connectivity index (χ3v) is 1.46. The second-order valence-electron chi connectivity index (χ2n) is 2.39. The minimum absolute atomic E-state index is 0.696. The number of carbonyl (C=O) groups excluding carboxylic acids is 1. The molecule has 0 spiro atoms. The van der Waals surface area contributed by atoms with Crippen LogP contribution in [0.1, 0.15) is 22.8 Å². The van der Waals surface area contributed by atoms with Crippen LogP contribution in [0.25, 0.3) is 6.08 Å². The van der Waals surface area contributed by atoms with Crippen molar-refractivity contribution in [2.45, 2.75) is 6.92 Å². The lowest BCUT2D eigenvalue weighted by molar-refractivity contribution is 0.112. The Hall–Kier alpha value is -1.59. The van der Waals surface area contributed by atoms with Crippen molar-refractivity contribution in [1.29, 1.82) is 0 Å². The molecule has 0 unspecified atom stereocenters. The first-order valence-corrected chi connectivity index (χ1v) is 3.79. The van der Waals surface area contributed by atoms with Crippen molar-refractivity contribution < 1.29 is 4.79 Å². The number of rotatable bonds is 2. The summed E-state index contributed by atoms with van der Waals surface area (Å²) in [6.45, 7) is 1.90. The molecule has 0 amide bonds. The summed E-state index contributed by atoms with van der Waals surface area (Å²) in [5, 5.41) is 0. The first-order valence-electron chi connectivity index (χ1n) is 3.79. The van der Waals surface area contributed by atoms with E-state index in [2.05, 4.69) is 5.73 Å². The summed E-state index contributed by atoms with van der Waals surface area (Å²) in [6, 6.07) is 7.39. The Labute approximate surface area is 72.0 Å². The zero-order valence-corrected chi connectivity index (χ0v) is 6.95. The van der Waals surface area contributed by atoms with Gasteiger partial charge >= 0.3 is 0 Å². The van der Waals surface area contributed by atoms with Gasteiger partial charge in [-0.1, -0.05) is 18.2 Å². The molecule has 1 heteroatoms. The molecular weight excluding hydrogens is 148 g/mol. The van der Waals surface area contributed by atoms with Gasteiger partial charge in [0.1, 0.15) is 6.29 Å². The van der Waals surface area contributed by atoms with Crippen LogP contribution in [-0.4, -0.2) is 6.29 Å². The van der Waals surface area contributed by atoms with Gasteiger partial charge in [-0.2, -0.15) is 0 Å². The van der Waals surface area contributed by atoms with Crippen LogP contribution in [0.2, 0.25) is 0 Å². The number of aldehydes is 1. The number of allylic oxidation sites excluding steroid dienone is 1. The third kappa shape index (κ3) is 2.22. The molecule has 1 aromatic rings.